The predicted molar refractivity (Wildman–Crippen MR) is 100 cm³/mol. The van der Waals surface area contributed by atoms with Crippen LogP contribution >= 0.6 is 12.4 Å². The molecule has 140 valence electrons. The van der Waals surface area contributed by atoms with Crippen LogP contribution in [0.2, 0.25) is 0 Å². The monoisotopic (exact) mass is 379 g/mol. The second kappa shape index (κ2) is 8.14. The minimum atomic E-state index is -0.190. The fourth-order valence-electron chi connectivity index (χ4n) is 3.70. The third-order valence-corrected chi connectivity index (χ3v) is 5.04. The number of piperidine rings is 1. The molecule has 0 aromatic heterocycles. The van der Waals surface area contributed by atoms with Crippen LogP contribution in [0.3, 0.4) is 0 Å². The molecule has 0 saturated carbocycles. The summed E-state index contributed by atoms with van der Waals surface area (Å²) in [5.74, 6) is 2.82. The van der Waals surface area contributed by atoms with Gasteiger partial charge in [-0.2, -0.15) is 0 Å². The number of halogens is 2. The van der Waals surface area contributed by atoms with Gasteiger partial charge in [0.1, 0.15) is 11.6 Å². The highest BCUT2D eigenvalue weighted by molar-refractivity contribution is 5.85. The van der Waals surface area contributed by atoms with Crippen LogP contribution in [0.5, 0.6) is 17.2 Å². The molecular weight excluding hydrogens is 357 g/mol. The average Bonchev–Trinajstić information content (AvgIpc) is 3.09. The van der Waals surface area contributed by atoms with Gasteiger partial charge >= 0.3 is 0 Å². The first-order valence-corrected chi connectivity index (χ1v) is 8.65. The highest BCUT2D eigenvalue weighted by atomic mass is 35.5. The number of nitrogens with zero attached hydrogens (tertiary/aromatic N) is 1. The molecule has 2 atom stereocenters. The Morgan fingerprint density at radius 1 is 1.12 bits per heavy atom. The normalized spacial score (nSPS) is 21.9. The molecule has 4 rings (SSSR count). The number of rotatable bonds is 4. The zero-order valence-corrected chi connectivity index (χ0v) is 15.5. The molecule has 0 spiro atoms. The summed E-state index contributed by atoms with van der Waals surface area (Å²) >= 11 is 0. The number of likely N-dealkylation sites (tertiary alicyclic amines) is 1. The quantitative estimate of drug-likeness (QED) is 0.800. The van der Waals surface area contributed by atoms with Gasteiger partial charge in [-0.15, -0.1) is 12.4 Å². The Labute approximate surface area is 159 Å². The van der Waals surface area contributed by atoms with Gasteiger partial charge < -0.3 is 19.1 Å². The van der Waals surface area contributed by atoms with E-state index in [1.165, 1.54) is 5.56 Å². The molecule has 26 heavy (non-hydrogen) atoms. The van der Waals surface area contributed by atoms with Crippen molar-refractivity contribution in [2.75, 3.05) is 33.5 Å². The first-order chi connectivity index (χ1) is 12.2. The van der Waals surface area contributed by atoms with Gasteiger partial charge in [-0.1, -0.05) is 12.1 Å². The van der Waals surface area contributed by atoms with E-state index in [4.69, 9.17) is 14.2 Å². The van der Waals surface area contributed by atoms with Crippen molar-refractivity contribution in [1.82, 2.24) is 4.90 Å². The van der Waals surface area contributed by atoms with E-state index in [9.17, 15) is 4.39 Å². The standard InChI is InChI=1S/C20H22FNO3.ClH/c1-22-9-8-18(14-2-4-16(21)5-3-14)15(11-22)12-23-17-6-7-19-20(10-17)25-13-24-19;/h2-7,10,15,18H,8-9,11-13H2,1H3;1H/t15-,18-;/m0./s1. The third-order valence-electron chi connectivity index (χ3n) is 5.04. The summed E-state index contributed by atoms with van der Waals surface area (Å²) in [4.78, 5) is 2.33. The van der Waals surface area contributed by atoms with Gasteiger partial charge in [-0.3, -0.25) is 0 Å². The molecule has 2 aliphatic heterocycles. The van der Waals surface area contributed by atoms with Crippen LogP contribution in [0.25, 0.3) is 0 Å². The summed E-state index contributed by atoms with van der Waals surface area (Å²) in [6.07, 6.45) is 1.05. The maximum Gasteiger partial charge on any atom is 0.231 e. The fraction of sp³-hybridized carbons (Fsp3) is 0.400. The van der Waals surface area contributed by atoms with Crippen molar-refractivity contribution in [3.63, 3.8) is 0 Å². The van der Waals surface area contributed by atoms with Gasteiger partial charge in [0.15, 0.2) is 11.5 Å². The van der Waals surface area contributed by atoms with Crippen molar-refractivity contribution in [2.24, 2.45) is 5.92 Å². The lowest BCUT2D eigenvalue weighted by atomic mass is 9.81. The van der Waals surface area contributed by atoms with Gasteiger partial charge in [0, 0.05) is 18.5 Å². The summed E-state index contributed by atoms with van der Waals surface area (Å²) in [6, 6.07) is 12.6. The van der Waals surface area contributed by atoms with E-state index in [1.54, 1.807) is 12.1 Å². The zero-order valence-electron chi connectivity index (χ0n) is 14.7. The van der Waals surface area contributed by atoms with Crippen LogP contribution in [0.4, 0.5) is 4.39 Å². The van der Waals surface area contributed by atoms with E-state index < -0.39 is 0 Å². The largest absolute Gasteiger partial charge is 0.493 e. The highest BCUT2D eigenvalue weighted by Gasteiger charge is 2.29. The number of fused-ring (bicyclic) bond motifs is 1. The molecule has 6 heteroatoms. The minimum Gasteiger partial charge on any atom is -0.493 e. The second-order valence-corrected chi connectivity index (χ2v) is 6.80. The minimum absolute atomic E-state index is 0. The summed E-state index contributed by atoms with van der Waals surface area (Å²) in [7, 11) is 2.13. The van der Waals surface area contributed by atoms with Gasteiger partial charge in [-0.25, -0.2) is 4.39 Å². The molecule has 0 amide bonds. The van der Waals surface area contributed by atoms with Crippen molar-refractivity contribution >= 4 is 12.4 Å². The van der Waals surface area contributed by atoms with E-state index in [1.807, 2.05) is 30.3 Å². The Morgan fingerprint density at radius 2 is 1.88 bits per heavy atom. The van der Waals surface area contributed by atoms with E-state index in [0.717, 1.165) is 36.8 Å². The van der Waals surface area contributed by atoms with Crippen molar-refractivity contribution in [1.29, 1.82) is 0 Å². The Kier molecular flexibility index (Phi) is 5.89. The smallest absolute Gasteiger partial charge is 0.231 e. The first kappa shape index (κ1) is 18.8. The molecule has 2 aromatic rings. The number of hydrogen-bond acceptors (Lipinski definition) is 4. The molecular formula is C20H23ClFNO3. The molecule has 1 saturated heterocycles. The molecule has 1 fully saturated rings. The molecule has 0 radical (unpaired) electrons. The molecule has 0 bridgehead atoms. The Bertz CT molecular complexity index is 740. The lowest BCUT2D eigenvalue weighted by Gasteiger charge is -2.37. The van der Waals surface area contributed by atoms with Crippen molar-refractivity contribution in [3.05, 3.63) is 53.8 Å². The lowest BCUT2D eigenvalue weighted by Crippen LogP contribution is -2.39. The summed E-state index contributed by atoms with van der Waals surface area (Å²) in [6.45, 7) is 2.89. The maximum absolute atomic E-state index is 13.2. The molecule has 4 nitrogen and oxygen atoms in total. The van der Waals surface area contributed by atoms with Gasteiger partial charge in [-0.05, 0) is 55.8 Å². The van der Waals surface area contributed by atoms with Gasteiger partial charge in [0.25, 0.3) is 0 Å². The number of ether oxygens (including phenoxy) is 3. The van der Waals surface area contributed by atoms with Gasteiger partial charge in [0.2, 0.25) is 6.79 Å². The van der Waals surface area contributed by atoms with Crippen LogP contribution in [0.15, 0.2) is 42.5 Å². The van der Waals surface area contributed by atoms with E-state index in [-0.39, 0.29) is 25.0 Å². The fourth-order valence-corrected chi connectivity index (χ4v) is 3.70. The average molecular weight is 380 g/mol. The SMILES string of the molecule is CN1CC[C@@H](c2ccc(F)cc2)[C@H](COc2ccc3c(c2)OCO3)C1.Cl. The Balaban J connectivity index is 0.00000196. The van der Waals surface area contributed by atoms with Crippen LogP contribution in [0, 0.1) is 11.7 Å². The maximum atomic E-state index is 13.2. The van der Waals surface area contributed by atoms with E-state index in [0.29, 0.717) is 18.4 Å². The van der Waals surface area contributed by atoms with E-state index >= 15 is 0 Å². The van der Waals surface area contributed by atoms with Crippen molar-refractivity contribution < 1.29 is 18.6 Å². The molecule has 2 heterocycles. The number of benzene rings is 2. The van der Waals surface area contributed by atoms with Crippen LogP contribution in [0.1, 0.15) is 17.9 Å². The topological polar surface area (TPSA) is 30.9 Å². The molecule has 2 aromatic carbocycles. The van der Waals surface area contributed by atoms with E-state index in [2.05, 4.69) is 11.9 Å². The van der Waals surface area contributed by atoms with Crippen LogP contribution in [-0.2, 0) is 0 Å². The summed E-state index contributed by atoms with van der Waals surface area (Å²) < 4.78 is 30.0. The van der Waals surface area contributed by atoms with Crippen molar-refractivity contribution in [2.45, 2.75) is 12.3 Å². The summed E-state index contributed by atoms with van der Waals surface area (Å²) in [5, 5.41) is 0. The lowest BCUT2D eigenvalue weighted by molar-refractivity contribution is 0.129. The Hall–Kier alpha value is -1.98. The second-order valence-electron chi connectivity index (χ2n) is 6.80. The highest BCUT2D eigenvalue weighted by Crippen LogP contribution is 2.37. The van der Waals surface area contributed by atoms with Crippen LogP contribution < -0.4 is 14.2 Å². The van der Waals surface area contributed by atoms with Crippen molar-refractivity contribution in [3.8, 4) is 17.2 Å². The molecule has 2 aliphatic rings. The predicted octanol–water partition coefficient (Wildman–Crippen LogP) is 4.09. The van der Waals surface area contributed by atoms with Gasteiger partial charge in [0.05, 0.1) is 6.61 Å². The molecule has 0 aliphatic carbocycles. The number of hydrogen-bond donors (Lipinski definition) is 0. The Morgan fingerprint density at radius 3 is 2.69 bits per heavy atom. The zero-order chi connectivity index (χ0) is 17.2. The van der Waals surface area contributed by atoms with Crippen LogP contribution in [-0.4, -0.2) is 38.4 Å². The molecule has 0 unspecified atom stereocenters. The third kappa shape index (κ3) is 4.05. The molecule has 0 N–H and O–H groups in total. The summed E-state index contributed by atoms with van der Waals surface area (Å²) in [5.41, 5.74) is 1.19. The first-order valence-electron chi connectivity index (χ1n) is 8.65.